The van der Waals surface area contributed by atoms with Crippen LogP contribution < -0.4 is 4.74 Å². The second-order valence-corrected chi connectivity index (χ2v) is 6.45. The summed E-state index contributed by atoms with van der Waals surface area (Å²) < 4.78 is 5.68. The Morgan fingerprint density at radius 1 is 1.27 bits per heavy atom. The van der Waals surface area contributed by atoms with Gasteiger partial charge in [-0.3, -0.25) is 4.79 Å². The second-order valence-electron chi connectivity index (χ2n) is 5.41. The fraction of sp³-hybridized carbons (Fsp3) is 0.389. The number of carbonyl (C=O) groups is 1. The molecule has 0 spiro atoms. The number of thiophene rings is 1. The highest BCUT2D eigenvalue weighted by Gasteiger charge is 2.08. The van der Waals surface area contributed by atoms with Gasteiger partial charge in [0.05, 0.1) is 6.54 Å². The van der Waals surface area contributed by atoms with Crippen LogP contribution in [-0.2, 0) is 11.2 Å². The van der Waals surface area contributed by atoms with Crippen LogP contribution in [0.25, 0.3) is 0 Å². The number of benzene rings is 1. The Bertz CT molecular complexity index is 581. The number of ether oxygens (including phenoxy) is 1. The van der Waals surface area contributed by atoms with E-state index in [-0.39, 0.29) is 5.91 Å². The Kier molecular flexibility index (Phi) is 6.46. The van der Waals surface area contributed by atoms with E-state index in [1.54, 1.807) is 16.2 Å². The minimum atomic E-state index is 0.185. The zero-order chi connectivity index (χ0) is 15.8. The maximum absolute atomic E-state index is 12.0. The van der Waals surface area contributed by atoms with Gasteiger partial charge in [0.1, 0.15) is 12.4 Å². The van der Waals surface area contributed by atoms with Gasteiger partial charge in [-0.15, -0.1) is 11.3 Å². The van der Waals surface area contributed by atoms with Crippen molar-refractivity contribution in [2.75, 3.05) is 20.2 Å². The fourth-order valence-electron chi connectivity index (χ4n) is 2.19. The van der Waals surface area contributed by atoms with Crippen molar-refractivity contribution in [1.82, 2.24) is 4.90 Å². The van der Waals surface area contributed by atoms with E-state index >= 15 is 0 Å². The number of likely N-dealkylation sites (N-methyl/N-ethyl adjacent to an activating group) is 1. The molecule has 0 aliphatic rings. The monoisotopic (exact) mass is 317 g/mol. The molecular weight excluding hydrogens is 294 g/mol. The van der Waals surface area contributed by atoms with Gasteiger partial charge in [-0.05, 0) is 48.9 Å². The van der Waals surface area contributed by atoms with Crippen LogP contribution in [0.2, 0.25) is 0 Å². The van der Waals surface area contributed by atoms with E-state index in [2.05, 4.69) is 17.5 Å². The van der Waals surface area contributed by atoms with E-state index in [9.17, 15) is 4.79 Å². The van der Waals surface area contributed by atoms with E-state index in [1.807, 2.05) is 38.2 Å². The third kappa shape index (κ3) is 5.53. The molecule has 3 nitrogen and oxygen atoms in total. The fourth-order valence-corrected chi connectivity index (χ4v) is 2.94. The summed E-state index contributed by atoms with van der Waals surface area (Å²) in [5.41, 5.74) is 1.18. The summed E-state index contributed by atoms with van der Waals surface area (Å²) in [6.07, 6.45) is 2.48. The molecule has 0 radical (unpaired) electrons. The smallest absolute Gasteiger partial charge is 0.222 e. The quantitative estimate of drug-likeness (QED) is 0.738. The summed E-state index contributed by atoms with van der Waals surface area (Å²) in [5.74, 6) is 1.04. The van der Waals surface area contributed by atoms with Crippen LogP contribution >= 0.6 is 11.3 Å². The molecule has 0 N–H and O–H groups in total. The number of hydrogen-bond donors (Lipinski definition) is 0. The van der Waals surface area contributed by atoms with Crippen molar-refractivity contribution >= 4 is 17.2 Å². The van der Waals surface area contributed by atoms with Gasteiger partial charge >= 0.3 is 0 Å². The molecule has 22 heavy (non-hydrogen) atoms. The van der Waals surface area contributed by atoms with Crippen LogP contribution in [0.5, 0.6) is 5.75 Å². The van der Waals surface area contributed by atoms with Crippen molar-refractivity contribution < 1.29 is 9.53 Å². The summed E-state index contributed by atoms with van der Waals surface area (Å²) >= 11 is 1.75. The first-order valence-corrected chi connectivity index (χ1v) is 8.49. The van der Waals surface area contributed by atoms with Crippen molar-refractivity contribution in [3.63, 3.8) is 0 Å². The largest absolute Gasteiger partial charge is 0.492 e. The third-order valence-electron chi connectivity index (χ3n) is 3.50. The highest BCUT2D eigenvalue weighted by Crippen LogP contribution is 2.13. The Hall–Kier alpha value is -1.81. The van der Waals surface area contributed by atoms with E-state index in [1.165, 1.54) is 10.4 Å². The van der Waals surface area contributed by atoms with Crippen molar-refractivity contribution in [3.8, 4) is 5.75 Å². The normalized spacial score (nSPS) is 10.5. The van der Waals surface area contributed by atoms with Crippen LogP contribution in [-0.4, -0.2) is 31.0 Å². The molecule has 0 aliphatic heterocycles. The van der Waals surface area contributed by atoms with Gasteiger partial charge in [0.2, 0.25) is 5.91 Å². The van der Waals surface area contributed by atoms with Gasteiger partial charge in [0.25, 0.3) is 0 Å². The molecule has 1 amide bonds. The van der Waals surface area contributed by atoms with Gasteiger partial charge in [0, 0.05) is 18.3 Å². The molecule has 0 unspecified atom stereocenters. The maximum atomic E-state index is 12.0. The molecule has 0 atom stereocenters. The minimum Gasteiger partial charge on any atom is -0.492 e. The van der Waals surface area contributed by atoms with E-state index in [0.29, 0.717) is 19.6 Å². The van der Waals surface area contributed by atoms with Crippen molar-refractivity contribution in [3.05, 3.63) is 52.2 Å². The zero-order valence-corrected chi connectivity index (χ0v) is 14.1. The Labute approximate surface area is 136 Å². The van der Waals surface area contributed by atoms with Gasteiger partial charge < -0.3 is 9.64 Å². The molecule has 0 fully saturated rings. The number of rotatable bonds is 8. The first kappa shape index (κ1) is 16.6. The predicted molar refractivity (Wildman–Crippen MR) is 91.6 cm³/mol. The predicted octanol–water partition coefficient (Wildman–Crippen LogP) is 3.92. The third-order valence-corrected chi connectivity index (χ3v) is 4.44. The summed E-state index contributed by atoms with van der Waals surface area (Å²) in [4.78, 5) is 15.1. The molecule has 0 saturated carbocycles. The topological polar surface area (TPSA) is 29.5 Å². The van der Waals surface area contributed by atoms with Crippen LogP contribution in [0.3, 0.4) is 0 Å². The average Bonchev–Trinajstić information content (AvgIpc) is 3.00. The molecule has 1 heterocycles. The van der Waals surface area contributed by atoms with Crippen molar-refractivity contribution in [1.29, 1.82) is 0 Å². The zero-order valence-electron chi connectivity index (χ0n) is 13.2. The lowest BCUT2D eigenvalue weighted by molar-refractivity contribution is -0.130. The summed E-state index contributed by atoms with van der Waals surface area (Å²) in [6.45, 7) is 3.18. The SMILES string of the molecule is Cc1cccc(OCCN(C)C(=O)CCCc2cccs2)c1. The van der Waals surface area contributed by atoms with E-state index < -0.39 is 0 Å². The first-order chi connectivity index (χ1) is 10.6. The number of amides is 1. The van der Waals surface area contributed by atoms with Gasteiger partial charge in [0.15, 0.2) is 0 Å². The van der Waals surface area contributed by atoms with Crippen LogP contribution in [0.15, 0.2) is 41.8 Å². The molecule has 1 aromatic carbocycles. The number of nitrogens with zero attached hydrogens (tertiary/aromatic N) is 1. The standard InChI is InChI=1S/C18H23NO2S/c1-15-6-3-7-16(14-15)21-12-11-19(2)18(20)10-4-8-17-9-5-13-22-17/h3,5-7,9,13-14H,4,8,10-12H2,1-2H3. The Morgan fingerprint density at radius 3 is 2.86 bits per heavy atom. The van der Waals surface area contributed by atoms with Crippen molar-refractivity contribution in [2.45, 2.75) is 26.2 Å². The molecule has 0 aliphatic carbocycles. The van der Waals surface area contributed by atoms with Crippen LogP contribution in [0.4, 0.5) is 0 Å². The number of hydrogen-bond acceptors (Lipinski definition) is 3. The molecule has 1 aromatic heterocycles. The van der Waals surface area contributed by atoms with Gasteiger partial charge in [-0.2, -0.15) is 0 Å². The van der Waals surface area contributed by atoms with Crippen molar-refractivity contribution in [2.24, 2.45) is 0 Å². The molecule has 0 saturated heterocycles. The second kappa shape index (κ2) is 8.59. The van der Waals surface area contributed by atoms with Gasteiger partial charge in [-0.25, -0.2) is 0 Å². The number of carbonyl (C=O) groups excluding carboxylic acids is 1. The first-order valence-electron chi connectivity index (χ1n) is 7.61. The Morgan fingerprint density at radius 2 is 2.14 bits per heavy atom. The average molecular weight is 317 g/mol. The van der Waals surface area contributed by atoms with Crippen LogP contribution in [0.1, 0.15) is 23.3 Å². The molecular formula is C18H23NO2S. The highest BCUT2D eigenvalue weighted by molar-refractivity contribution is 7.09. The molecule has 0 bridgehead atoms. The molecule has 2 rings (SSSR count). The lowest BCUT2D eigenvalue weighted by Gasteiger charge is -2.17. The van der Waals surface area contributed by atoms with Crippen LogP contribution in [0, 0.1) is 6.92 Å². The lowest BCUT2D eigenvalue weighted by atomic mass is 10.2. The van der Waals surface area contributed by atoms with E-state index in [0.717, 1.165) is 18.6 Å². The summed E-state index contributed by atoms with van der Waals surface area (Å²) in [6, 6.07) is 12.1. The summed E-state index contributed by atoms with van der Waals surface area (Å²) in [5, 5.41) is 2.08. The molecule has 4 heteroatoms. The summed E-state index contributed by atoms with van der Waals surface area (Å²) in [7, 11) is 1.84. The lowest BCUT2D eigenvalue weighted by Crippen LogP contribution is -2.30. The minimum absolute atomic E-state index is 0.185. The van der Waals surface area contributed by atoms with Gasteiger partial charge in [-0.1, -0.05) is 18.2 Å². The maximum Gasteiger partial charge on any atom is 0.222 e. The highest BCUT2D eigenvalue weighted by atomic mass is 32.1. The molecule has 118 valence electrons. The van der Waals surface area contributed by atoms with E-state index in [4.69, 9.17) is 4.74 Å². The molecule has 2 aromatic rings. The Balaban J connectivity index is 1.63. The number of aryl methyl sites for hydroxylation is 2.